The zero-order chi connectivity index (χ0) is 13.2. The van der Waals surface area contributed by atoms with Crippen LogP contribution in [0.15, 0.2) is 30.5 Å². The van der Waals surface area contributed by atoms with E-state index < -0.39 is 0 Å². The monoisotopic (exact) mass is 257 g/mol. The Hall–Kier alpha value is -1.85. The molecule has 0 radical (unpaired) electrons. The Labute approximate surface area is 113 Å². The van der Waals surface area contributed by atoms with Crippen molar-refractivity contribution in [1.29, 1.82) is 0 Å². The average Bonchev–Trinajstić information content (AvgIpc) is 2.45. The third-order valence-corrected chi connectivity index (χ3v) is 3.59. The number of benzene rings is 1. The second kappa shape index (κ2) is 5.03. The number of pyridine rings is 1. The zero-order valence-corrected chi connectivity index (χ0v) is 11.1. The van der Waals surface area contributed by atoms with Crippen LogP contribution in [-0.2, 0) is 0 Å². The number of hydrazine groups is 1. The van der Waals surface area contributed by atoms with Gasteiger partial charge in [0.1, 0.15) is 0 Å². The fraction of sp³-hybridized carbons (Fsp3) is 0.357. The van der Waals surface area contributed by atoms with Crippen molar-refractivity contribution >= 4 is 22.3 Å². The molecule has 0 unspecified atom stereocenters. The molecule has 5 nitrogen and oxygen atoms in total. The molecule has 5 heteroatoms. The number of piperazine rings is 1. The van der Waals surface area contributed by atoms with Crippen molar-refractivity contribution < 1.29 is 0 Å². The Morgan fingerprint density at radius 2 is 1.95 bits per heavy atom. The highest BCUT2D eigenvalue weighted by Gasteiger charge is 2.14. The quantitative estimate of drug-likeness (QED) is 0.796. The van der Waals surface area contributed by atoms with E-state index in [9.17, 15) is 0 Å². The SMILES string of the molecule is CN1CCN(Nc2ccc(N)c3cccnc23)CC1. The Morgan fingerprint density at radius 3 is 2.74 bits per heavy atom. The van der Waals surface area contributed by atoms with Gasteiger partial charge < -0.3 is 16.1 Å². The van der Waals surface area contributed by atoms with Crippen LogP contribution in [0.1, 0.15) is 0 Å². The second-order valence-corrected chi connectivity index (χ2v) is 5.00. The first-order chi connectivity index (χ1) is 9.24. The van der Waals surface area contributed by atoms with Crippen LogP contribution >= 0.6 is 0 Å². The summed E-state index contributed by atoms with van der Waals surface area (Å²) in [5, 5.41) is 3.24. The number of nitrogens with two attached hydrogens (primary N) is 1. The van der Waals surface area contributed by atoms with Crippen molar-refractivity contribution in [3.8, 4) is 0 Å². The van der Waals surface area contributed by atoms with Crippen LogP contribution in [0.2, 0.25) is 0 Å². The molecule has 2 heterocycles. The molecule has 0 saturated carbocycles. The van der Waals surface area contributed by atoms with Gasteiger partial charge in [0, 0.05) is 43.4 Å². The maximum absolute atomic E-state index is 5.99. The van der Waals surface area contributed by atoms with E-state index in [-0.39, 0.29) is 0 Å². The molecule has 19 heavy (non-hydrogen) atoms. The lowest BCUT2D eigenvalue weighted by Crippen LogP contribution is -2.46. The lowest BCUT2D eigenvalue weighted by molar-refractivity contribution is 0.179. The normalized spacial score (nSPS) is 17.7. The van der Waals surface area contributed by atoms with Crippen molar-refractivity contribution in [2.24, 2.45) is 0 Å². The summed E-state index contributed by atoms with van der Waals surface area (Å²) >= 11 is 0. The number of hydrogen-bond donors (Lipinski definition) is 2. The molecule has 3 rings (SSSR count). The van der Waals surface area contributed by atoms with Gasteiger partial charge >= 0.3 is 0 Å². The minimum absolute atomic E-state index is 0.770. The van der Waals surface area contributed by atoms with Crippen LogP contribution in [0.3, 0.4) is 0 Å². The molecule has 1 saturated heterocycles. The van der Waals surface area contributed by atoms with Gasteiger partial charge in [0.05, 0.1) is 11.2 Å². The van der Waals surface area contributed by atoms with Crippen molar-refractivity contribution in [2.75, 3.05) is 44.4 Å². The third-order valence-electron chi connectivity index (χ3n) is 3.59. The standard InChI is InChI=1S/C14H19N5/c1-18-7-9-19(10-8-18)17-13-5-4-12(15)11-3-2-6-16-14(11)13/h2-6,17H,7-10,15H2,1H3. The number of nitrogens with one attached hydrogen (secondary N) is 1. The summed E-state index contributed by atoms with van der Waals surface area (Å²) in [7, 11) is 2.15. The van der Waals surface area contributed by atoms with Crippen molar-refractivity contribution in [3.05, 3.63) is 30.5 Å². The highest BCUT2D eigenvalue weighted by molar-refractivity contribution is 5.98. The fourth-order valence-corrected chi connectivity index (χ4v) is 2.37. The lowest BCUT2D eigenvalue weighted by Gasteiger charge is -2.33. The first-order valence-electron chi connectivity index (χ1n) is 6.57. The summed E-state index contributed by atoms with van der Waals surface area (Å²) in [5.74, 6) is 0. The van der Waals surface area contributed by atoms with E-state index in [1.165, 1.54) is 0 Å². The van der Waals surface area contributed by atoms with E-state index in [1.54, 1.807) is 6.20 Å². The van der Waals surface area contributed by atoms with Crippen LogP contribution in [0, 0.1) is 0 Å². The van der Waals surface area contributed by atoms with E-state index >= 15 is 0 Å². The highest BCUT2D eigenvalue weighted by Crippen LogP contribution is 2.26. The average molecular weight is 257 g/mol. The zero-order valence-electron chi connectivity index (χ0n) is 11.1. The Kier molecular flexibility index (Phi) is 3.23. The Balaban J connectivity index is 1.87. The fourth-order valence-electron chi connectivity index (χ4n) is 2.37. The summed E-state index contributed by atoms with van der Waals surface area (Å²) in [6, 6.07) is 7.86. The predicted octanol–water partition coefficient (Wildman–Crippen LogP) is 1.39. The summed E-state index contributed by atoms with van der Waals surface area (Å²) in [6.45, 7) is 4.17. The molecule has 3 N–H and O–H groups in total. The van der Waals surface area contributed by atoms with Crippen LogP contribution < -0.4 is 11.2 Å². The van der Waals surface area contributed by atoms with E-state index in [1.807, 2.05) is 24.3 Å². The number of hydrogen-bond acceptors (Lipinski definition) is 5. The second-order valence-electron chi connectivity index (χ2n) is 5.00. The van der Waals surface area contributed by atoms with Gasteiger partial charge in [-0.1, -0.05) is 0 Å². The Morgan fingerprint density at radius 1 is 1.16 bits per heavy atom. The van der Waals surface area contributed by atoms with E-state index in [4.69, 9.17) is 5.73 Å². The molecule has 0 aliphatic carbocycles. The molecule has 2 aromatic rings. The summed E-state index contributed by atoms with van der Waals surface area (Å²) in [4.78, 5) is 6.77. The minimum Gasteiger partial charge on any atom is -0.398 e. The molecular formula is C14H19N5. The van der Waals surface area contributed by atoms with E-state index in [0.29, 0.717) is 0 Å². The molecule has 100 valence electrons. The number of aromatic nitrogens is 1. The molecule has 1 aromatic carbocycles. The highest BCUT2D eigenvalue weighted by atomic mass is 15.5. The molecule has 0 bridgehead atoms. The summed E-state index contributed by atoms with van der Waals surface area (Å²) < 4.78 is 0. The topological polar surface area (TPSA) is 57.4 Å². The number of likely N-dealkylation sites (N-methyl/N-ethyl adjacent to an activating group) is 1. The molecule has 0 spiro atoms. The van der Waals surface area contributed by atoms with Gasteiger partial charge in [0.15, 0.2) is 0 Å². The predicted molar refractivity (Wildman–Crippen MR) is 78.8 cm³/mol. The minimum atomic E-state index is 0.770. The van der Waals surface area contributed by atoms with Crippen LogP contribution in [0.25, 0.3) is 10.9 Å². The van der Waals surface area contributed by atoms with Gasteiger partial charge in [-0.25, -0.2) is 5.01 Å². The van der Waals surface area contributed by atoms with Gasteiger partial charge in [-0.15, -0.1) is 0 Å². The first kappa shape index (κ1) is 12.2. The van der Waals surface area contributed by atoms with Gasteiger partial charge in [-0.3, -0.25) is 4.98 Å². The molecular weight excluding hydrogens is 238 g/mol. The molecule has 1 fully saturated rings. The largest absolute Gasteiger partial charge is 0.398 e. The van der Waals surface area contributed by atoms with Crippen molar-refractivity contribution in [2.45, 2.75) is 0 Å². The van der Waals surface area contributed by atoms with Crippen LogP contribution in [0.4, 0.5) is 11.4 Å². The van der Waals surface area contributed by atoms with Crippen molar-refractivity contribution in [3.63, 3.8) is 0 Å². The third kappa shape index (κ3) is 2.47. The van der Waals surface area contributed by atoms with E-state index in [2.05, 4.69) is 27.4 Å². The number of fused-ring (bicyclic) bond motifs is 1. The van der Waals surface area contributed by atoms with Crippen LogP contribution in [0.5, 0.6) is 0 Å². The molecule has 0 amide bonds. The smallest absolute Gasteiger partial charge is 0.0967 e. The maximum Gasteiger partial charge on any atom is 0.0967 e. The van der Waals surface area contributed by atoms with E-state index in [0.717, 1.165) is 48.5 Å². The number of nitrogens with zero attached hydrogens (tertiary/aromatic N) is 3. The van der Waals surface area contributed by atoms with Crippen molar-refractivity contribution in [1.82, 2.24) is 14.9 Å². The number of rotatable bonds is 2. The summed E-state index contributed by atoms with van der Waals surface area (Å²) in [5.41, 5.74) is 12.2. The molecule has 1 aromatic heterocycles. The lowest BCUT2D eigenvalue weighted by atomic mass is 10.1. The van der Waals surface area contributed by atoms with Gasteiger partial charge in [-0.2, -0.15) is 0 Å². The Bertz CT molecular complexity index is 575. The number of nitrogen functional groups attached to an aromatic ring is 1. The molecule has 1 aliphatic heterocycles. The van der Waals surface area contributed by atoms with Gasteiger partial charge in [0.25, 0.3) is 0 Å². The first-order valence-corrected chi connectivity index (χ1v) is 6.57. The molecule has 0 atom stereocenters. The summed E-state index contributed by atoms with van der Waals surface area (Å²) in [6.07, 6.45) is 1.80. The number of anilines is 2. The molecule has 1 aliphatic rings. The maximum atomic E-state index is 5.99. The van der Waals surface area contributed by atoms with Gasteiger partial charge in [0.2, 0.25) is 0 Å². The van der Waals surface area contributed by atoms with Crippen LogP contribution in [-0.4, -0.2) is 48.1 Å². The van der Waals surface area contributed by atoms with Gasteiger partial charge in [-0.05, 0) is 31.3 Å².